The molecule has 140 valence electrons. The molecular weight excluding hydrogens is 346 g/mol. The minimum atomic E-state index is -1.24. The van der Waals surface area contributed by atoms with E-state index < -0.39 is 11.5 Å². The van der Waals surface area contributed by atoms with Crippen LogP contribution in [0.4, 0.5) is 0 Å². The van der Waals surface area contributed by atoms with E-state index in [1.54, 1.807) is 24.3 Å². The molecule has 7 heteroatoms. The molecule has 0 amide bonds. The number of benzene rings is 1. The topological polar surface area (TPSA) is 94.2 Å². The number of Topliss-reactive ketones (excluding diaryl/α,β-unsaturated/α-hetero) is 1. The summed E-state index contributed by atoms with van der Waals surface area (Å²) < 4.78 is 3.01. The second kappa shape index (κ2) is 7.19. The van der Waals surface area contributed by atoms with Gasteiger partial charge < -0.3 is 9.67 Å². The Labute approximate surface area is 155 Å². The number of nitrogens with zero attached hydrogens (tertiary/aromatic N) is 3. The van der Waals surface area contributed by atoms with Gasteiger partial charge in [-0.25, -0.2) is 9.48 Å². The number of aryl methyl sites for hydroxylation is 1. The largest absolute Gasteiger partial charge is 0.476 e. The number of carbonyl (C=O) groups excluding carboxylic acids is 1. The van der Waals surface area contributed by atoms with Gasteiger partial charge in [0.15, 0.2) is 11.5 Å². The van der Waals surface area contributed by atoms with Gasteiger partial charge in [-0.3, -0.25) is 9.59 Å². The van der Waals surface area contributed by atoms with Crippen LogP contribution in [0, 0.1) is 13.8 Å². The number of carboxylic acid groups (broad SMARTS) is 1. The van der Waals surface area contributed by atoms with Gasteiger partial charge in [0.25, 0.3) is 5.56 Å². The lowest BCUT2D eigenvalue weighted by atomic mass is 10.1. The fourth-order valence-corrected chi connectivity index (χ4v) is 3.37. The lowest BCUT2D eigenvalue weighted by Crippen LogP contribution is -2.29. The number of carbonyl (C=O) groups is 2. The summed E-state index contributed by atoms with van der Waals surface area (Å²) in [7, 11) is 0. The van der Waals surface area contributed by atoms with Crippen molar-refractivity contribution in [3.63, 3.8) is 0 Å². The molecule has 0 aliphatic carbocycles. The van der Waals surface area contributed by atoms with Crippen LogP contribution < -0.4 is 5.56 Å². The van der Waals surface area contributed by atoms with Gasteiger partial charge in [0.05, 0.1) is 5.39 Å². The summed E-state index contributed by atoms with van der Waals surface area (Å²) in [6.07, 6.45) is 0.942. The third-order valence-electron chi connectivity index (χ3n) is 4.68. The first-order valence-corrected chi connectivity index (χ1v) is 8.78. The van der Waals surface area contributed by atoms with Crippen LogP contribution in [0.3, 0.4) is 0 Å². The van der Waals surface area contributed by atoms with Crippen LogP contribution in [-0.4, -0.2) is 31.2 Å². The normalized spacial score (nSPS) is 11.1. The second-order valence-corrected chi connectivity index (χ2v) is 6.52. The highest BCUT2D eigenvalue weighted by atomic mass is 16.4. The zero-order valence-electron chi connectivity index (χ0n) is 15.5. The highest BCUT2D eigenvalue weighted by Crippen LogP contribution is 2.18. The average molecular weight is 367 g/mol. The predicted molar refractivity (Wildman–Crippen MR) is 101 cm³/mol. The zero-order chi connectivity index (χ0) is 19.7. The first-order chi connectivity index (χ1) is 12.8. The molecule has 0 saturated heterocycles. The van der Waals surface area contributed by atoms with E-state index in [0.29, 0.717) is 5.56 Å². The highest BCUT2D eigenvalue weighted by Gasteiger charge is 2.20. The Bertz CT molecular complexity index is 1110. The molecule has 0 spiro atoms. The van der Waals surface area contributed by atoms with Crippen molar-refractivity contribution >= 4 is 22.5 Å². The zero-order valence-corrected chi connectivity index (χ0v) is 15.5. The van der Waals surface area contributed by atoms with Crippen molar-refractivity contribution in [3.8, 4) is 0 Å². The smallest absolute Gasteiger partial charge is 0.357 e. The first kappa shape index (κ1) is 18.6. The molecule has 0 radical (unpaired) electrons. The van der Waals surface area contributed by atoms with Crippen LogP contribution in [0.1, 0.15) is 45.6 Å². The SMILES string of the molecule is CCCn1c(C)cc(C(=O)Cn2nc(C(=O)O)c3ccccc3c2=O)c1C. The van der Waals surface area contributed by atoms with Crippen molar-refractivity contribution in [2.24, 2.45) is 0 Å². The molecule has 0 bridgehead atoms. The van der Waals surface area contributed by atoms with Crippen LogP contribution in [0.15, 0.2) is 35.1 Å². The molecular formula is C20H21N3O4. The first-order valence-electron chi connectivity index (χ1n) is 8.78. The standard InChI is InChI=1S/C20H21N3O4/c1-4-9-22-12(2)10-16(13(22)3)17(24)11-23-19(25)15-8-6-5-7-14(15)18(21-23)20(26)27/h5-8,10H,4,9,11H2,1-3H3,(H,26,27). The maximum atomic E-state index is 12.8. The number of fused-ring (bicyclic) bond motifs is 1. The minimum Gasteiger partial charge on any atom is -0.476 e. The number of aromatic nitrogens is 3. The molecule has 2 aromatic heterocycles. The van der Waals surface area contributed by atoms with E-state index in [-0.39, 0.29) is 28.8 Å². The minimum absolute atomic E-state index is 0.231. The number of carboxylic acids is 1. The molecule has 3 aromatic rings. The van der Waals surface area contributed by atoms with Gasteiger partial charge in [0, 0.05) is 28.9 Å². The third-order valence-corrected chi connectivity index (χ3v) is 4.68. The maximum absolute atomic E-state index is 12.8. The summed E-state index contributed by atoms with van der Waals surface area (Å²) >= 11 is 0. The molecule has 2 heterocycles. The van der Waals surface area contributed by atoms with Gasteiger partial charge in [-0.1, -0.05) is 25.1 Å². The second-order valence-electron chi connectivity index (χ2n) is 6.52. The molecule has 0 saturated carbocycles. The summed E-state index contributed by atoms with van der Waals surface area (Å²) in [6, 6.07) is 8.18. The van der Waals surface area contributed by atoms with E-state index in [1.165, 1.54) is 6.07 Å². The van der Waals surface area contributed by atoms with E-state index in [9.17, 15) is 19.5 Å². The van der Waals surface area contributed by atoms with Crippen molar-refractivity contribution in [2.75, 3.05) is 0 Å². The lowest BCUT2D eigenvalue weighted by Gasteiger charge is -2.09. The Morgan fingerprint density at radius 2 is 1.81 bits per heavy atom. The van der Waals surface area contributed by atoms with Crippen molar-refractivity contribution in [2.45, 2.75) is 40.3 Å². The number of rotatable bonds is 6. The Kier molecular flexibility index (Phi) is 4.94. The van der Waals surface area contributed by atoms with Crippen molar-refractivity contribution in [1.29, 1.82) is 0 Å². The third kappa shape index (κ3) is 3.28. The van der Waals surface area contributed by atoms with E-state index >= 15 is 0 Å². The number of hydrogen-bond acceptors (Lipinski definition) is 4. The summed E-state index contributed by atoms with van der Waals surface area (Å²) in [5.41, 5.74) is 1.62. The summed E-state index contributed by atoms with van der Waals surface area (Å²) in [5.74, 6) is -1.51. The van der Waals surface area contributed by atoms with Gasteiger partial charge in [-0.2, -0.15) is 5.10 Å². The summed E-state index contributed by atoms with van der Waals surface area (Å²) in [4.78, 5) is 37.0. The molecule has 0 fully saturated rings. The summed E-state index contributed by atoms with van der Waals surface area (Å²) in [6.45, 7) is 6.37. The Hall–Kier alpha value is -3.22. The van der Waals surface area contributed by atoms with E-state index in [2.05, 4.69) is 16.6 Å². The maximum Gasteiger partial charge on any atom is 0.357 e. The number of aromatic carboxylic acids is 1. The Morgan fingerprint density at radius 3 is 2.44 bits per heavy atom. The monoisotopic (exact) mass is 367 g/mol. The van der Waals surface area contributed by atoms with Gasteiger partial charge in [0.2, 0.25) is 0 Å². The quantitative estimate of drug-likeness (QED) is 0.676. The molecule has 0 atom stereocenters. The predicted octanol–water partition coefficient (Wildman–Crippen LogP) is 2.81. The number of hydrogen-bond donors (Lipinski definition) is 1. The van der Waals surface area contributed by atoms with E-state index in [0.717, 1.165) is 29.0 Å². The average Bonchev–Trinajstić information content (AvgIpc) is 2.92. The fraction of sp³-hybridized carbons (Fsp3) is 0.300. The fourth-order valence-electron chi connectivity index (χ4n) is 3.37. The van der Waals surface area contributed by atoms with Gasteiger partial charge in [-0.05, 0) is 32.4 Å². The van der Waals surface area contributed by atoms with Crippen molar-refractivity contribution in [1.82, 2.24) is 14.3 Å². The van der Waals surface area contributed by atoms with Crippen LogP contribution in [0.25, 0.3) is 10.8 Å². The van der Waals surface area contributed by atoms with E-state index in [1.807, 2.05) is 13.8 Å². The van der Waals surface area contributed by atoms with Crippen LogP contribution >= 0.6 is 0 Å². The summed E-state index contributed by atoms with van der Waals surface area (Å²) in [5, 5.41) is 13.9. The Balaban J connectivity index is 2.06. The van der Waals surface area contributed by atoms with Gasteiger partial charge in [0.1, 0.15) is 6.54 Å². The molecule has 1 aromatic carbocycles. The van der Waals surface area contributed by atoms with Crippen molar-refractivity contribution < 1.29 is 14.7 Å². The van der Waals surface area contributed by atoms with Gasteiger partial charge >= 0.3 is 5.97 Å². The number of ketones is 1. The molecule has 0 unspecified atom stereocenters. The molecule has 7 nitrogen and oxygen atoms in total. The van der Waals surface area contributed by atoms with Crippen LogP contribution in [0.2, 0.25) is 0 Å². The highest BCUT2D eigenvalue weighted by molar-refractivity contribution is 6.01. The van der Waals surface area contributed by atoms with Gasteiger partial charge in [-0.15, -0.1) is 0 Å². The van der Waals surface area contributed by atoms with Crippen LogP contribution in [-0.2, 0) is 13.1 Å². The Morgan fingerprint density at radius 1 is 1.15 bits per heavy atom. The molecule has 0 aliphatic heterocycles. The van der Waals surface area contributed by atoms with Crippen LogP contribution in [0.5, 0.6) is 0 Å². The van der Waals surface area contributed by atoms with Crippen molar-refractivity contribution in [3.05, 3.63) is 63.3 Å². The molecule has 3 rings (SSSR count). The molecule has 27 heavy (non-hydrogen) atoms. The lowest BCUT2D eigenvalue weighted by molar-refractivity contribution is 0.0688. The molecule has 0 aliphatic rings. The molecule has 1 N–H and O–H groups in total. The van der Waals surface area contributed by atoms with E-state index in [4.69, 9.17) is 0 Å².